The first-order chi connectivity index (χ1) is 6.76. The van der Waals surface area contributed by atoms with E-state index in [0.29, 0.717) is 15.6 Å². The summed E-state index contributed by atoms with van der Waals surface area (Å²) in [7, 11) is 1.58. The summed E-state index contributed by atoms with van der Waals surface area (Å²) in [4.78, 5) is 10.6. The van der Waals surface area contributed by atoms with E-state index < -0.39 is 0 Å². The van der Waals surface area contributed by atoms with Crippen LogP contribution < -0.4 is 4.74 Å². The van der Waals surface area contributed by atoms with Gasteiger partial charge < -0.3 is 4.74 Å². The number of rotatable bonds is 2. The molecule has 1 aromatic carbocycles. The van der Waals surface area contributed by atoms with E-state index in [-0.39, 0.29) is 0 Å². The van der Waals surface area contributed by atoms with Gasteiger partial charge in [0, 0.05) is 15.6 Å². The zero-order chi connectivity index (χ0) is 10.1. The van der Waals surface area contributed by atoms with Gasteiger partial charge in [-0.25, -0.2) is 0 Å². The van der Waals surface area contributed by atoms with Crippen LogP contribution in [0.4, 0.5) is 0 Å². The van der Waals surface area contributed by atoms with Gasteiger partial charge in [0.05, 0.1) is 7.11 Å². The van der Waals surface area contributed by atoms with Gasteiger partial charge in [0.25, 0.3) is 0 Å². The molecular formula is C10H7ClO2S. The Labute approximate surface area is 90.1 Å². The molecule has 0 saturated carbocycles. The van der Waals surface area contributed by atoms with Crippen molar-refractivity contribution in [1.82, 2.24) is 0 Å². The van der Waals surface area contributed by atoms with Crippen molar-refractivity contribution in [3.63, 3.8) is 0 Å². The van der Waals surface area contributed by atoms with Crippen LogP contribution in [0.1, 0.15) is 10.4 Å². The number of aldehydes is 1. The van der Waals surface area contributed by atoms with E-state index >= 15 is 0 Å². The number of thiophene rings is 1. The Morgan fingerprint density at radius 3 is 2.93 bits per heavy atom. The van der Waals surface area contributed by atoms with E-state index in [1.807, 2.05) is 6.07 Å². The number of hydrogen-bond donors (Lipinski definition) is 0. The molecule has 0 bridgehead atoms. The molecule has 14 heavy (non-hydrogen) atoms. The maximum absolute atomic E-state index is 10.6. The third-order valence-electron chi connectivity index (χ3n) is 1.97. The molecule has 0 aliphatic rings. The van der Waals surface area contributed by atoms with Crippen LogP contribution in [0.5, 0.6) is 5.75 Å². The molecule has 0 spiro atoms. The number of carbonyl (C=O) groups excluding carboxylic acids is 1. The summed E-state index contributed by atoms with van der Waals surface area (Å²) >= 11 is 7.38. The van der Waals surface area contributed by atoms with Gasteiger partial charge in [0.15, 0.2) is 5.75 Å². The molecular weight excluding hydrogens is 220 g/mol. The minimum absolute atomic E-state index is 0.616. The topological polar surface area (TPSA) is 26.3 Å². The molecule has 0 radical (unpaired) electrons. The summed E-state index contributed by atoms with van der Waals surface area (Å²) < 4.78 is 6.75. The predicted octanol–water partition coefficient (Wildman–Crippen LogP) is 3.38. The number of hydrogen-bond acceptors (Lipinski definition) is 3. The zero-order valence-electron chi connectivity index (χ0n) is 7.41. The minimum atomic E-state index is 0.616. The van der Waals surface area contributed by atoms with Gasteiger partial charge in [-0.05, 0) is 12.1 Å². The predicted molar refractivity (Wildman–Crippen MR) is 58.8 cm³/mol. The SMILES string of the molecule is COc1c(Cl)sc2cc(C=O)ccc12. The van der Waals surface area contributed by atoms with Crippen LogP contribution in [0.25, 0.3) is 10.1 Å². The lowest BCUT2D eigenvalue weighted by atomic mass is 10.2. The molecule has 0 unspecified atom stereocenters. The molecule has 1 heterocycles. The van der Waals surface area contributed by atoms with Gasteiger partial charge >= 0.3 is 0 Å². The molecule has 2 nitrogen and oxygen atoms in total. The van der Waals surface area contributed by atoms with Crippen molar-refractivity contribution in [3.05, 3.63) is 28.1 Å². The highest BCUT2D eigenvalue weighted by Gasteiger charge is 2.10. The van der Waals surface area contributed by atoms with Gasteiger partial charge in [0.2, 0.25) is 0 Å². The van der Waals surface area contributed by atoms with Crippen molar-refractivity contribution in [2.75, 3.05) is 7.11 Å². The van der Waals surface area contributed by atoms with Crippen LogP contribution in [0.3, 0.4) is 0 Å². The summed E-state index contributed by atoms with van der Waals surface area (Å²) in [6.07, 6.45) is 0.819. The lowest BCUT2D eigenvalue weighted by molar-refractivity contribution is 0.112. The third kappa shape index (κ3) is 1.38. The Hall–Kier alpha value is -1.06. The number of benzene rings is 1. The number of halogens is 1. The number of methoxy groups -OCH3 is 1. The second-order valence-electron chi connectivity index (χ2n) is 2.78. The Kier molecular flexibility index (Phi) is 2.44. The molecule has 2 rings (SSSR count). The van der Waals surface area contributed by atoms with Crippen molar-refractivity contribution in [3.8, 4) is 5.75 Å². The standard InChI is InChI=1S/C10H7ClO2S/c1-13-9-7-3-2-6(5-12)4-8(7)14-10(9)11/h2-5H,1H3. The number of fused-ring (bicyclic) bond motifs is 1. The summed E-state index contributed by atoms with van der Waals surface area (Å²) in [6, 6.07) is 5.41. The summed E-state index contributed by atoms with van der Waals surface area (Å²) in [5, 5.41) is 0.952. The van der Waals surface area contributed by atoms with Crippen LogP contribution in [-0.4, -0.2) is 13.4 Å². The van der Waals surface area contributed by atoms with Crippen molar-refractivity contribution in [2.24, 2.45) is 0 Å². The Bertz CT molecular complexity index is 490. The van der Waals surface area contributed by atoms with Gasteiger partial charge in [-0.15, -0.1) is 11.3 Å². The summed E-state index contributed by atoms with van der Waals surface area (Å²) in [5.74, 6) is 0.684. The highest BCUT2D eigenvalue weighted by Crippen LogP contribution is 2.41. The van der Waals surface area contributed by atoms with Gasteiger partial charge in [-0.3, -0.25) is 4.79 Å². The fourth-order valence-corrected chi connectivity index (χ4v) is 2.70. The van der Waals surface area contributed by atoms with Crippen molar-refractivity contribution < 1.29 is 9.53 Å². The lowest BCUT2D eigenvalue weighted by Crippen LogP contribution is -1.81. The fraction of sp³-hybridized carbons (Fsp3) is 0.100. The lowest BCUT2D eigenvalue weighted by Gasteiger charge is -1.97. The fourth-order valence-electron chi connectivity index (χ4n) is 1.32. The quantitative estimate of drug-likeness (QED) is 0.734. The molecule has 4 heteroatoms. The summed E-state index contributed by atoms with van der Waals surface area (Å²) in [6.45, 7) is 0. The van der Waals surface area contributed by atoms with E-state index in [2.05, 4.69) is 0 Å². The van der Waals surface area contributed by atoms with E-state index in [4.69, 9.17) is 16.3 Å². The normalized spacial score (nSPS) is 10.4. The average Bonchev–Trinajstić information content (AvgIpc) is 2.51. The summed E-state index contributed by atoms with van der Waals surface area (Å²) in [5.41, 5.74) is 0.651. The molecule has 0 aliphatic carbocycles. The van der Waals surface area contributed by atoms with E-state index in [0.717, 1.165) is 16.4 Å². The van der Waals surface area contributed by atoms with Crippen molar-refractivity contribution in [1.29, 1.82) is 0 Å². The minimum Gasteiger partial charge on any atom is -0.494 e. The van der Waals surface area contributed by atoms with E-state index in [1.165, 1.54) is 11.3 Å². The first-order valence-electron chi connectivity index (χ1n) is 3.97. The maximum Gasteiger partial charge on any atom is 0.156 e. The van der Waals surface area contributed by atoms with Gasteiger partial charge in [-0.2, -0.15) is 0 Å². The first-order valence-corrected chi connectivity index (χ1v) is 5.17. The largest absolute Gasteiger partial charge is 0.494 e. The molecule has 0 atom stereocenters. The van der Waals surface area contributed by atoms with E-state index in [9.17, 15) is 4.79 Å². The molecule has 1 aromatic heterocycles. The monoisotopic (exact) mass is 226 g/mol. The molecule has 0 saturated heterocycles. The first kappa shape index (κ1) is 9.49. The zero-order valence-corrected chi connectivity index (χ0v) is 8.98. The van der Waals surface area contributed by atoms with Crippen LogP contribution >= 0.6 is 22.9 Å². The van der Waals surface area contributed by atoms with Gasteiger partial charge in [0.1, 0.15) is 10.6 Å². The van der Waals surface area contributed by atoms with E-state index in [1.54, 1.807) is 19.2 Å². The Morgan fingerprint density at radius 1 is 1.50 bits per heavy atom. The van der Waals surface area contributed by atoms with Gasteiger partial charge in [-0.1, -0.05) is 17.7 Å². The van der Waals surface area contributed by atoms with Crippen molar-refractivity contribution in [2.45, 2.75) is 0 Å². The second kappa shape index (κ2) is 3.59. The third-order valence-corrected chi connectivity index (χ3v) is 3.29. The van der Waals surface area contributed by atoms with Crippen LogP contribution in [0, 0.1) is 0 Å². The molecule has 0 fully saturated rings. The molecule has 72 valence electrons. The van der Waals surface area contributed by atoms with Crippen molar-refractivity contribution >= 4 is 39.3 Å². The Morgan fingerprint density at radius 2 is 2.29 bits per heavy atom. The molecule has 0 amide bonds. The molecule has 0 aliphatic heterocycles. The highest BCUT2D eigenvalue weighted by molar-refractivity contribution is 7.23. The van der Waals surface area contributed by atoms with Crippen LogP contribution in [0.15, 0.2) is 18.2 Å². The highest BCUT2D eigenvalue weighted by atomic mass is 35.5. The van der Waals surface area contributed by atoms with Crippen LogP contribution in [-0.2, 0) is 0 Å². The molecule has 0 N–H and O–H groups in total. The second-order valence-corrected chi connectivity index (χ2v) is 4.44. The molecule has 2 aromatic rings. The average molecular weight is 227 g/mol. The number of ether oxygens (including phenoxy) is 1. The maximum atomic E-state index is 10.6. The smallest absolute Gasteiger partial charge is 0.156 e. The van der Waals surface area contributed by atoms with Crippen LogP contribution in [0.2, 0.25) is 4.34 Å². The Balaban J connectivity index is 2.74. The number of carbonyl (C=O) groups is 1.